The minimum Gasteiger partial charge on any atom is -0.497 e. The molecule has 3 rings (SSSR count). The summed E-state index contributed by atoms with van der Waals surface area (Å²) in [6.07, 6.45) is 0. The molecule has 1 heterocycles. The molecule has 1 N–H and O–H groups in total. The molecule has 0 spiro atoms. The summed E-state index contributed by atoms with van der Waals surface area (Å²) in [5.41, 5.74) is 2.61. The van der Waals surface area contributed by atoms with Crippen molar-refractivity contribution < 1.29 is 9.53 Å². The van der Waals surface area contributed by atoms with Crippen molar-refractivity contribution in [1.29, 1.82) is 0 Å². The van der Waals surface area contributed by atoms with Gasteiger partial charge < -0.3 is 10.1 Å². The van der Waals surface area contributed by atoms with Crippen LogP contribution in [0.2, 0.25) is 5.02 Å². The molecule has 0 radical (unpaired) electrons. The number of halogens is 1. The van der Waals surface area contributed by atoms with Crippen molar-refractivity contribution >= 4 is 34.5 Å². The Balaban J connectivity index is 1.59. The smallest absolute Gasteiger partial charge is 0.238 e. The van der Waals surface area contributed by atoms with E-state index >= 15 is 0 Å². The van der Waals surface area contributed by atoms with Crippen LogP contribution in [0.1, 0.15) is 12.6 Å². The second kappa shape index (κ2) is 9.68. The van der Waals surface area contributed by atoms with Crippen molar-refractivity contribution in [3.63, 3.8) is 0 Å². The number of amides is 1. The van der Waals surface area contributed by atoms with Gasteiger partial charge in [0.15, 0.2) is 0 Å². The van der Waals surface area contributed by atoms with E-state index in [4.69, 9.17) is 16.3 Å². The molecule has 0 aliphatic heterocycles. The molecule has 5 nitrogen and oxygen atoms in total. The van der Waals surface area contributed by atoms with Gasteiger partial charge in [0, 0.05) is 23.2 Å². The molecule has 28 heavy (non-hydrogen) atoms. The Bertz CT molecular complexity index is 927. The summed E-state index contributed by atoms with van der Waals surface area (Å²) in [6.45, 7) is 3.67. The SMILES string of the molecule is CCN(CC(=O)Nc1ccc(OC)cc1)Cc1csc(-c2ccccc2Cl)n1. The van der Waals surface area contributed by atoms with Crippen LogP contribution in [0.3, 0.4) is 0 Å². The first-order valence-corrected chi connectivity index (χ1v) is 10.2. The van der Waals surface area contributed by atoms with Gasteiger partial charge in [-0.05, 0) is 36.9 Å². The minimum absolute atomic E-state index is 0.0615. The van der Waals surface area contributed by atoms with Crippen LogP contribution >= 0.6 is 22.9 Å². The number of carbonyl (C=O) groups is 1. The van der Waals surface area contributed by atoms with E-state index in [2.05, 4.69) is 10.3 Å². The van der Waals surface area contributed by atoms with Crippen molar-refractivity contribution in [3.05, 3.63) is 64.6 Å². The van der Waals surface area contributed by atoms with Crippen LogP contribution in [0.15, 0.2) is 53.9 Å². The molecule has 146 valence electrons. The number of carbonyl (C=O) groups excluding carboxylic acids is 1. The number of aromatic nitrogens is 1. The molecule has 0 aliphatic rings. The number of rotatable bonds is 8. The van der Waals surface area contributed by atoms with Crippen LogP contribution in [0.4, 0.5) is 5.69 Å². The first-order valence-electron chi connectivity index (χ1n) is 8.94. The molecule has 0 atom stereocenters. The predicted molar refractivity (Wildman–Crippen MR) is 115 cm³/mol. The van der Waals surface area contributed by atoms with E-state index < -0.39 is 0 Å². The Kier molecular flexibility index (Phi) is 7.03. The van der Waals surface area contributed by atoms with E-state index in [1.165, 1.54) is 0 Å². The minimum atomic E-state index is -0.0615. The van der Waals surface area contributed by atoms with Crippen molar-refractivity contribution in [2.24, 2.45) is 0 Å². The average Bonchev–Trinajstić information content (AvgIpc) is 3.16. The van der Waals surface area contributed by atoms with Crippen molar-refractivity contribution in [2.45, 2.75) is 13.5 Å². The van der Waals surface area contributed by atoms with E-state index in [1.54, 1.807) is 18.4 Å². The van der Waals surface area contributed by atoms with E-state index in [-0.39, 0.29) is 5.91 Å². The Morgan fingerprint density at radius 3 is 2.64 bits per heavy atom. The summed E-state index contributed by atoms with van der Waals surface area (Å²) in [7, 11) is 1.61. The standard InChI is InChI=1S/C21H22ClN3O2S/c1-3-25(13-20(26)23-15-8-10-17(27-2)11-9-15)12-16-14-28-21(24-16)18-6-4-5-7-19(18)22/h4-11,14H,3,12-13H2,1-2H3,(H,23,26). The molecule has 0 unspecified atom stereocenters. The Labute approximate surface area is 173 Å². The number of anilines is 1. The van der Waals surface area contributed by atoms with E-state index in [0.29, 0.717) is 18.1 Å². The highest BCUT2D eigenvalue weighted by molar-refractivity contribution is 7.13. The first-order chi connectivity index (χ1) is 13.6. The molecule has 0 bridgehead atoms. The highest BCUT2D eigenvalue weighted by atomic mass is 35.5. The van der Waals surface area contributed by atoms with Crippen molar-refractivity contribution in [1.82, 2.24) is 9.88 Å². The lowest BCUT2D eigenvalue weighted by Gasteiger charge is -2.18. The number of hydrogen-bond donors (Lipinski definition) is 1. The molecule has 7 heteroatoms. The summed E-state index contributed by atoms with van der Waals surface area (Å²) >= 11 is 7.82. The Morgan fingerprint density at radius 2 is 1.96 bits per heavy atom. The van der Waals surface area contributed by atoms with E-state index in [0.717, 1.165) is 34.2 Å². The van der Waals surface area contributed by atoms with E-state index in [1.807, 2.05) is 65.7 Å². The van der Waals surface area contributed by atoms with Gasteiger partial charge in [-0.25, -0.2) is 4.98 Å². The molecular formula is C21H22ClN3O2S. The lowest BCUT2D eigenvalue weighted by atomic mass is 10.2. The zero-order chi connectivity index (χ0) is 19.9. The fourth-order valence-corrected chi connectivity index (χ4v) is 3.86. The van der Waals surface area contributed by atoms with Gasteiger partial charge in [-0.3, -0.25) is 9.69 Å². The second-order valence-corrected chi connectivity index (χ2v) is 7.47. The first kappa shape index (κ1) is 20.3. The van der Waals surface area contributed by atoms with Crippen molar-refractivity contribution in [2.75, 3.05) is 25.5 Å². The third-order valence-corrected chi connectivity index (χ3v) is 5.48. The van der Waals surface area contributed by atoms with Crippen LogP contribution in [0.5, 0.6) is 5.75 Å². The molecule has 0 saturated carbocycles. The summed E-state index contributed by atoms with van der Waals surface area (Å²) in [6, 6.07) is 15.0. The number of nitrogens with one attached hydrogen (secondary N) is 1. The average molecular weight is 416 g/mol. The third-order valence-electron chi connectivity index (χ3n) is 4.23. The Hall–Kier alpha value is -2.41. The van der Waals surface area contributed by atoms with Crippen LogP contribution < -0.4 is 10.1 Å². The van der Waals surface area contributed by atoms with Crippen molar-refractivity contribution in [3.8, 4) is 16.3 Å². The predicted octanol–water partition coefficient (Wildman–Crippen LogP) is 4.93. The quantitative estimate of drug-likeness (QED) is 0.566. The van der Waals surface area contributed by atoms with Gasteiger partial charge in [0.2, 0.25) is 5.91 Å². The van der Waals surface area contributed by atoms with Gasteiger partial charge in [0.05, 0.1) is 24.4 Å². The van der Waals surface area contributed by atoms with Gasteiger partial charge >= 0.3 is 0 Å². The van der Waals surface area contributed by atoms with Gasteiger partial charge in [-0.15, -0.1) is 11.3 Å². The fourth-order valence-electron chi connectivity index (χ4n) is 2.72. The summed E-state index contributed by atoms with van der Waals surface area (Å²) in [4.78, 5) is 19.1. The number of likely N-dealkylation sites (N-methyl/N-ethyl adjacent to an activating group) is 1. The topological polar surface area (TPSA) is 54.5 Å². The zero-order valence-electron chi connectivity index (χ0n) is 15.8. The maximum absolute atomic E-state index is 12.4. The number of methoxy groups -OCH3 is 1. The summed E-state index contributed by atoms with van der Waals surface area (Å²) in [5, 5.41) is 6.51. The number of ether oxygens (including phenoxy) is 1. The maximum atomic E-state index is 12.4. The molecule has 0 saturated heterocycles. The van der Waals surface area contributed by atoms with Gasteiger partial charge in [-0.1, -0.05) is 36.7 Å². The van der Waals surface area contributed by atoms with Gasteiger partial charge in [-0.2, -0.15) is 0 Å². The monoisotopic (exact) mass is 415 g/mol. The molecule has 1 aromatic heterocycles. The van der Waals surface area contributed by atoms with Gasteiger partial charge in [0.1, 0.15) is 10.8 Å². The molecule has 3 aromatic rings. The summed E-state index contributed by atoms with van der Waals surface area (Å²) in [5.74, 6) is 0.694. The molecule has 0 fully saturated rings. The lowest BCUT2D eigenvalue weighted by Crippen LogP contribution is -2.32. The zero-order valence-corrected chi connectivity index (χ0v) is 17.4. The number of nitrogens with zero attached hydrogens (tertiary/aromatic N) is 2. The second-order valence-electron chi connectivity index (χ2n) is 6.20. The number of benzene rings is 2. The lowest BCUT2D eigenvalue weighted by molar-refractivity contribution is -0.117. The molecule has 2 aromatic carbocycles. The van der Waals surface area contributed by atoms with Crippen LogP contribution in [-0.2, 0) is 11.3 Å². The molecule has 0 aliphatic carbocycles. The largest absolute Gasteiger partial charge is 0.497 e. The summed E-state index contributed by atoms with van der Waals surface area (Å²) < 4.78 is 5.13. The maximum Gasteiger partial charge on any atom is 0.238 e. The highest BCUT2D eigenvalue weighted by Gasteiger charge is 2.13. The Morgan fingerprint density at radius 1 is 1.21 bits per heavy atom. The van der Waals surface area contributed by atoms with E-state index in [9.17, 15) is 4.79 Å². The molecule has 1 amide bonds. The third kappa shape index (κ3) is 5.32. The normalized spacial score (nSPS) is 10.9. The number of thiazole rings is 1. The number of hydrogen-bond acceptors (Lipinski definition) is 5. The van der Waals surface area contributed by atoms with Crippen LogP contribution in [0, 0.1) is 0 Å². The highest BCUT2D eigenvalue weighted by Crippen LogP contribution is 2.30. The van der Waals surface area contributed by atoms with Crippen LogP contribution in [0.25, 0.3) is 10.6 Å². The van der Waals surface area contributed by atoms with Crippen LogP contribution in [-0.4, -0.2) is 36.0 Å². The molecular weight excluding hydrogens is 394 g/mol. The fraction of sp³-hybridized carbons (Fsp3) is 0.238. The van der Waals surface area contributed by atoms with Gasteiger partial charge in [0.25, 0.3) is 0 Å².